The standard InChI is InChI=1S/C25H30O5/c26-23-20-8-4-1-5-17(11-12-22-28-13-14-29-22)24(20)30-25(27)21(23)15-18-6-2-3-7-19(18)16-9-10-16/h2-3,6-7,16-17,22,26H,1,4-5,8-15H2. The summed E-state index contributed by atoms with van der Waals surface area (Å²) < 4.78 is 17.0. The van der Waals surface area contributed by atoms with Gasteiger partial charge in [0.2, 0.25) is 0 Å². The Morgan fingerprint density at radius 3 is 2.60 bits per heavy atom. The van der Waals surface area contributed by atoms with Crippen LogP contribution in [0.5, 0.6) is 5.75 Å². The fourth-order valence-electron chi connectivity index (χ4n) is 5.03. The van der Waals surface area contributed by atoms with Crippen molar-refractivity contribution in [1.82, 2.24) is 0 Å². The summed E-state index contributed by atoms with van der Waals surface area (Å²) in [6.07, 6.45) is 8.10. The zero-order valence-electron chi connectivity index (χ0n) is 17.4. The normalized spacial score (nSPS) is 22.1. The highest BCUT2D eigenvalue weighted by Gasteiger charge is 2.30. The zero-order chi connectivity index (χ0) is 20.5. The molecule has 0 bridgehead atoms. The van der Waals surface area contributed by atoms with Crippen LogP contribution in [0.15, 0.2) is 33.5 Å². The fraction of sp³-hybridized carbons (Fsp3) is 0.560. The first-order valence-electron chi connectivity index (χ1n) is 11.4. The third kappa shape index (κ3) is 4.06. The molecule has 2 aromatic rings. The van der Waals surface area contributed by atoms with E-state index in [1.807, 2.05) is 6.07 Å². The molecule has 1 unspecified atom stereocenters. The molecule has 2 aliphatic carbocycles. The highest BCUT2D eigenvalue weighted by molar-refractivity contribution is 5.46. The van der Waals surface area contributed by atoms with Crippen molar-refractivity contribution in [2.24, 2.45) is 0 Å². The highest BCUT2D eigenvalue weighted by Crippen LogP contribution is 2.43. The average Bonchev–Trinajstić information content (AvgIpc) is 3.51. The van der Waals surface area contributed by atoms with Gasteiger partial charge in [0.05, 0.1) is 18.8 Å². The molecule has 0 amide bonds. The quantitative estimate of drug-likeness (QED) is 0.695. The van der Waals surface area contributed by atoms with Crippen molar-refractivity contribution >= 4 is 0 Å². The van der Waals surface area contributed by atoms with Crippen LogP contribution in [0.25, 0.3) is 0 Å². The second kappa shape index (κ2) is 8.56. The van der Waals surface area contributed by atoms with Gasteiger partial charge >= 0.3 is 5.63 Å². The number of hydrogen-bond acceptors (Lipinski definition) is 5. The van der Waals surface area contributed by atoms with Gasteiger partial charge in [0.25, 0.3) is 0 Å². The van der Waals surface area contributed by atoms with Crippen molar-refractivity contribution < 1.29 is 19.0 Å². The molecule has 1 aromatic carbocycles. The monoisotopic (exact) mass is 410 g/mol. The first kappa shape index (κ1) is 19.8. The Kier molecular flexibility index (Phi) is 5.66. The van der Waals surface area contributed by atoms with Crippen molar-refractivity contribution in [1.29, 1.82) is 0 Å². The van der Waals surface area contributed by atoms with Gasteiger partial charge in [-0.1, -0.05) is 30.7 Å². The van der Waals surface area contributed by atoms with E-state index in [1.165, 1.54) is 18.4 Å². The number of hydrogen-bond donors (Lipinski definition) is 1. The molecule has 5 heteroatoms. The number of ether oxygens (including phenoxy) is 2. The van der Waals surface area contributed by atoms with Crippen molar-refractivity contribution in [3.05, 3.63) is 62.7 Å². The molecule has 2 fully saturated rings. The Hall–Kier alpha value is -2.11. The van der Waals surface area contributed by atoms with E-state index in [0.717, 1.165) is 49.7 Å². The molecule has 30 heavy (non-hydrogen) atoms. The number of aromatic hydroxyl groups is 1. The molecule has 1 saturated heterocycles. The number of fused-ring (bicyclic) bond motifs is 1. The predicted octanol–water partition coefficient (Wildman–Crippen LogP) is 4.78. The summed E-state index contributed by atoms with van der Waals surface area (Å²) >= 11 is 0. The molecule has 1 atom stereocenters. The lowest BCUT2D eigenvalue weighted by molar-refractivity contribution is -0.0491. The predicted molar refractivity (Wildman–Crippen MR) is 113 cm³/mol. The Balaban J connectivity index is 1.44. The molecule has 1 aliphatic heterocycles. The lowest BCUT2D eigenvalue weighted by Crippen LogP contribution is -2.16. The molecule has 1 N–H and O–H groups in total. The zero-order valence-corrected chi connectivity index (χ0v) is 17.4. The molecular formula is C25H30O5. The summed E-state index contributed by atoms with van der Waals surface area (Å²) in [5.41, 5.74) is 3.29. The number of rotatable bonds is 6. The van der Waals surface area contributed by atoms with Gasteiger partial charge in [-0.15, -0.1) is 0 Å². The van der Waals surface area contributed by atoms with Crippen molar-refractivity contribution in [2.75, 3.05) is 13.2 Å². The summed E-state index contributed by atoms with van der Waals surface area (Å²) in [6.45, 7) is 1.29. The van der Waals surface area contributed by atoms with Crippen LogP contribution in [0.4, 0.5) is 0 Å². The van der Waals surface area contributed by atoms with Crippen LogP contribution in [-0.2, 0) is 22.3 Å². The Bertz CT molecular complexity index is 952. The lowest BCUT2D eigenvalue weighted by atomic mass is 9.92. The van der Waals surface area contributed by atoms with Crippen molar-refractivity contribution in [3.8, 4) is 5.75 Å². The van der Waals surface area contributed by atoms with Crippen LogP contribution in [-0.4, -0.2) is 24.6 Å². The first-order chi connectivity index (χ1) is 14.7. The number of benzene rings is 1. The Morgan fingerprint density at radius 2 is 1.80 bits per heavy atom. The van der Waals surface area contributed by atoms with Crippen LogP contribution in [0.3, 0.4) is 0 Å². The summed E-state index contributed by atoms with van der Waals surface area (Å²) in [6, 6.07) is 8.28. The largest absolute Gasteiger partial charge is 0.507 e. The highest BCUT2D eigenvalue weighted by atomic mass is 16.7. The minimum absolute atomic E-state index is 0.127. The van der Waals surface area contributed by atoms with E-state index in [1.54, 1.807) is 0 Å². The van der Waals surface area contributed by atoms with Gasteiger partial charge in [0.1, 0.15) is 11.5 Å². The first-order valence-corrected chi connectivity index (χ1v) is 11.4. The van der Waals surface area contributed by atoms with E-state index >= 15 is 0 Å². The minimum Gasteiger partial charge on any atom is -0.507 e. The van der Waals surface area contributed by atoms with E-state index in [9.17, 15) is 9.90 Å². The third-order valence-corrected chi connectivity index (χ3v) is 6.80. The second-order valence-corrected chi connectivity index (χ2v) is 8.90. The van der Waals surface area contributed by atoms with Gasteiger partial charge < -0.3 is 19.0 Å². The minimum atomic E-state index is -0.392. The molecular weight excluding hydrogens is 380 g/mol. The van der Waals surface area contributed by atoms with Crippen LogP contribution >= 0.6 is 0 Å². The van der Waals surface area contributed by atoms with E-state index in [4.69, 9.17) is 13.9 Å². The van der Waals surface area contributed by atoms with Crippen LogP contribution in [0.1, 0.15) is 84.8 Å². The molecule has 1 saturated carbocycles. The van der Waals surface area contributed by atoms with E-state index < -0.39 is 5.63 Å². The molecule has 3 aliphatic rings. The maximum absolute atomic E-state index is 13.0. The SMILES string of the molecule is O=c1oc2c(c(O)c1Cc1ccccc1C1CC1)CCCCC2CCC1OCCO1. The molecule has 0 radical (unpaired) electrons. The average molecular weight is 411 g/mol. The van der Waals surface area contributed by atoms with Crippen LogP contribution < -0.4 is 5.63 Å². The molecule has 160 valence electrons. The van der Waals surface area contributed by atoms with E-state index in [2.05, 4.69) is 18.2 Å². The van der Waals surface area contributed by atoms with Crippen molar-refractivity contribution in [2.45, 2.75) is 75.9 Å². The summed E-state index contributed by atoms with van der Waals surface area (Å²) in [7, 11) is 0. The summed E-state index contributed by atoms with van der Waals surface area (Å²) in [5, 5.41) is 11.1. The molecule has 2 heterocycles. The smallest absolute Gasteiger partial charge is 0.343 e. The molecule has 5 rings (SSSR count). The van der Waals surface area contributed by atoms with Gasteiger partial charge in [-0.3, -0.25) is 0 Å². The maximum atomic E-state index is 13.0. The summed E-state index contributed by atoms with van der Waals surface area (Å²) in [4.78, 5) is 13.0. The van der Waals surface area contributed by atoms with Gasteiger partial charge in [-0.05, 0) is 62.0 Å². The molecule has 1 aromatic heterocycles. The maximum Gasteiger partial charge on any atom is 0.343 e. The fourth-order valence-corrected chi connectivity index (χ4v) is 5.03. The van der Waals surface area contributed by atoms with Gasteiger partial charge in [0, 0.05) is 17.9 Å². The van der Waals surface area contributed by atoms with Crippen molar-refractivity contribution in [3.63, 3.8) is 0 Å². The third-order valence-electron chi connectivity index (χ3n) is 6.80. The van der Waals surface area contributed by atoms with E-state index in [-0.39, 0.29) is 18.0 Å². The van der Waals surface area contributed by atoms with E-state index in [0.29, 0.717) is 36.9 Å². The molecule has 0 spiro atoms. The van der Waals surface area contributed by atoms with Crippen LogP contribution in [0.2, 0.25) is 0 Å². The van der Waals surface area contributed by atoms with Crippen LogP contribution in [0, 0.1) is 0 Å². The Labute approximate surface area is 177 Å². The Morgan fingerprint density at radius 1 is 1.00 bits per heavy atom. The summed E-state index contributed by atoms with van der Waals surface area (Å²) in [5.74, 6) is 1.57. The second-order valence-electron chi connectivity index (χ2n) is 8.90. The van der Waals surface area contributed by atoms with Gasteiger partial charge in [0.15, 0.2) is 6.29 Å². The molecule has 5 nitrogen and oxygen atoms in total. The van der Waals surface area contributed by atoms with Gasteiger partial charge in [-0.25, -0.2) is 4.79 Å². The van der Waals surface area contributed by atoms with Gasteiger partial charge in [-0.2, -0.15) is 0 Å². The topological polar surface area (TPSA) is 68.9 Å². The lowest BCUT2D eigenvalue weighted by Gasteiger charge is -2.19.